The summed E-state index contributed by atoms with van der Waals surface area (Å²) in [5, 5.41) is 6.74. The fourth-order valence-corrected chi connectivity index (χ4v) is 1.56. The summed E-state index contributed by atoms with van der Waals surface area (Å²) in [6.07, 6.45) is 0. The second kappa shape index (κ2) is 3.17. The van der Waals surface area contributed by atoms with Crippen LogP contribution in [0.1, 0.15) is 6.92 Å². The first-order chi connectivity index (χ1) is 6.31. The zero-order valence-electron chi connectivity index (χ0n) is 7.92. The van der Waals surface area contributed by atoms with Crippen LogP contribution in [0.25, 0.3) is 0 Å². The second-order valence-corrected chi connectivity index (χ2v) is 3.31. The number of nitrogens with one attached hydrogen (secondary N) is 2. The molecule has 3 nitrogen and oxygen atoms in total. The van der Waals surface area contributed by atoms with Crippen LogP contribution in [0.3, 0.4) is 0 Å². The van der Waals surface area contributed by atoms with Gasteiger partial charge in [-0.3, -0.25) is 0 Å². The van der Waals surface area contributed by atoms with E-state index in [1.807, 2.05) is 12.1 Å². The highest BCUT2D eigenvalue weighted by molar-refractivity contribution is 5.77. The number of hydrogen-bond acceptors (Lipinski definition) is 3. The summed E-state index contributed by atoms with van der Waals surface area (Å²) >= 11 is 0. The Morgan fingerprint density at radius 2 is 2.31 bits per heavy atom. The number of anilines is 2. The summed E-state index contributed by atoms with van der Waals surface area (Å²) in [6, 6.07) is 6.45. The van der Waals surface area contributed by atoms with E-state index in [-0.39, 0.29) is 0 Å². The van der Waals surface area contributed by atoms with Crippen molar-refractivity contribution in [3.63, 3.8) is 0 Å². The van der Waals surface area contributed by atoms with Gasteiger partial charge in [0.25, 0.3) is 0 Å². The molecule has 0 saturated heterocycles. The molecule has 2 rings (SSSR count). The molecule has 0 saturated carbocycles. The zero-order valence-corrected chi connectivity index (χ0v) is 7.92. The fraction of sp³-hybridized carbons (Fsp3) is 0.400. The summed E-state index contributed by atoms with van der Waals surface area (Å²) < 4.78 is 5.26. The standard InChI is InChI=1S/C10H14N2O/c1-7-6-11-8-4-3-5-9(13-2)10(8)12-7/h3-5,7,11-12H,6H2,1-2H3. The Morgan fingerprint density at radius 3 is 3.08 bits per heavy atom. The fourth-order valence-electron chi connectivity index (χ4n) is 1.56. The molecule has 1 atom stereocenters. The third kappa shape index (κ3) is 1.41. The largest absolute Gasteiger partial charge is 0.495 e. The maximum atomic E-state index is 5.26. The highest BCUT2D eigenvalue weighted by Gasteiger charge is 2.16. The van der Waals surface area contributed by atoms with Gasteiger partial charge in [-0.2, -0.15) is 0 Å². The molecule has 0 aliphatic carbocycles. The lowest BCUT2D eigenvalue weighted by Crippen LogP contribution is -2.30. The lowest BCUT2D eigenvalue weighted by molar-refractivity contribution is 0.416. The van der Waals surface area contributed by atoms with Gasteiger partial charge in [0.05, 0.1) is 12.8 Å². The smallest absolute Gasteiger partial charge is 0.144 e. The van der Waals surface area contributed by atoms with E-state index in [1.54, 1.807) is 7.11 Å². The van der Waals surface area contributed by atoms with Crippen LogP contribution in [0.2, 0.25) is 0 Å². The summed E-state index contributed by atoms with van der Waals surface area (Å²) in [5.74, 6) is 0.900. The number of rotatable bonds is 1. The minimum absolute atomic E-state index is 0.448. The molecule has 0 bridgehead atoms. The molecule has 1 aliphatic heterocycles. The van der Waals surface area contributed by atoms with Crippen LogP contribution in [-0.2, 0) is 0 Å². The molecular formula is C10H14N2O. The van der Waals surface area contributed by atoms with Crippen molar-refractivity contribution in [2.24, 2.45) is 0 Å². The average molecular weight is 178 g/mol. The Balaban J connectivity index is 2.41. The number of para-hydroxylation sites is 1. The van der Waals surface area contributed by atoms with Gasteiger partial charge in [0.15, 0.2) is 0 Å². The van der Waals surface area contributed by atoms with Gasteiger partial charge >= 0.3 is 0 Å². The van der Waals surface area contributed by atoms with Gasteiger partial charge in [0, 0.05) is 12.6 Å². The Morgan fingerprint density at radius 1 is 1.46 bits per heavy atom. The molecule has 0 spiro atoms. The van der Waals surface area contributed by atoms with Gasteiger partial charge in [-0.05, 0) is 19.1 Å². The molecule has 70 valence electrons. The van der Waals surface area contributed by atoms with Crippen LogP contribution in [-0.4, -0.2) is 19.7 Å². The van der Waals surface area contributed by atoms with Gasteiger partial charge in [-0.15, -0.1) is 0 Å². The van der Waals surface area contributed by atoms with Crippen molar-refractivity contribution in [3.8, 4) is 5.75 Å². The van der Waals surface area contributed by atoms with E-state index in [2.05, 4.69) is 23.6 Å². The Hall–Kier alpha value is -1.38. The van der Waals surface area contributed by atoms with Gasteiger partial charge in [0.1, 0.15) is 11.4 Å². The van der Waals surface area contributed by atoms with Crippen molar-refractivity contribution in [1.29, 1.82) is 0 Å². The number of ether oxygens (including phenoxy) is 1. The lowest BCUT2D eigenvalue weighted by Gasteiger charge is -2.26. The van der Waals surface area contributed by atoms with Crippen molar-refractivity contribution in [2.75, 3.05) is 24.3 Å². The molecule has 13 heavy (non-hydrogen) atoms. The molecule has 0 radical (unpaired) electrons. The first-order valence-corrected chi connectivity index (χ1v) is 4.48. The third-order valence-corrected chi connectivity index (χ3v) is 2.24. The van der Waals surface area contributed by atoms with E-state index in [4.69, 9.17) is 4.74 Å². The molecule has 1 heterocycles. The SMILES string of the molecule is COc1cccc2c1NC(C)CN2. The molecule has 1 aromatic carbocycles. The third-order valence-electron chi connectivity index (χ3n) is 2.24. The number of hydrogen-bond donors (Lipinski definition) is 2. The molecule has 0 amide bonds. The van der Waals surface area contributed by atoms with Crippen LogP contribution >= 0.6 is 0 Å². The summed E-state index contributed by atoms with van der Waals surface area (Å²) in [7, 11) is 1.69. The van der Waals surface area contributed by atoms with Gasteiger partial charge < -0.3 is 15.4 Å². The minimum atomic E-state index is 0.448. The Labute approximate surface area is 78.1 Å². The predicted octanol–water partition coefficient (Wildman–Crippen LogP) is 1.92. The summed E-state index contributed by atoms with van der Waals surface area (Å²) in [6.45, 7) is 3.10. The average Bonchev–Trinajstić information content (AvgIpc) is 2.17. The number of fused-ring (bicyclic) bond motifs is 1. The van der Waals surface area contributed by atoms with E-state index >= 15 is 0 Å². The number of benzene rings is 1. The van der Waals surface area contributed by atoms with Crippen LogP contribution in [0.5, 0.6) is 5.75 Å². The van der Waals surface area contributed by atoms with Crippen LogP contribution in [0.4, 0.5) is 11.4 Å². The Kier molecular flexibility index (Phi) is 2.00. The van der Waals surface area contributed by atoms with E-state index in [9.17, 15) is 0 Å². The first-order valence-electron chi connectivity index (χ1n) is 4.48. The molecule has 0 aromatic heterocycles. The molecule has 1 aliphatic rings. The molecule has 0 fully saturated rings. The molecular weight excluding hydrogens is 164 g/mol. The molecule has 3 heteroatoms. The maximum Gasteiger partial charge on any atom is 0.144 e. The minimum Gasteiger partial charge on any atom is -0.495 e. The summed E-state index contributed by atoms with van der Waals surface area (Å²) in [5.41, 5.74) is 2.20. The highest BCUT2D eigenvalue weighted by Crippen LogP contribution is 2.34. The normalized spacial score (nSPS) is 19.7. The molecule has 1 unspecified atom stereocenters. The second-order valence-electron chi connectivity index (χ2n) is 3.31. The monoisotopic (exact) mass is 178 g/mol. The van der Waals surface area contributed by atoms with Crippen LogP contribution in [0, 0.1) is 0 Å². The molecule has 1 aromatic rings. The van der Waals surface area contributed by atoms with Crippen molar-refractivity contribution < 1.29 is 4.74 Å². The summed E-state index contributed by atoms with van der Waals surface area (Å²) in [4.78, 5) is 0. The quantitative estimate of drug-likeness (QED) is 0.689. The van der Waals surface area contributed by atoms with Crippen molar-refractivity contribution in [1.82, 2.24) is 0 Å². The first kappa shape index (κ1) is 8.23. The van der Waals surface area contributed by atoms with Gasteiger partial charge in [-0.25, -0.2) is 0 Å². The topological polar surface area (TPSA) is 33.3 Å². The van der Waals surface area contributed by atoms with Crippen molar-refractivity contribution >= 4 is 11.4 Å². The lowest BCUT2D eigenvalue weighted by atomic mass is 10.1. The van der Waals surface area contributed by atoms with Crippen LogP contribution in [0.15, 0.2) is 18.2 Å². The number of methoxy groups -OCH3 is 1. The van der Waals surface area contributed by atoms with Gasteiger partial charge in [-0.1, -0.05) is 6.07 Å². The maximum absolute atomic E-state index is 5.26. The highest BCUT2D eigenvalue weighted by atomic mass is 16.5. The Bertz CT molecular complexity index is 298. The van der Waals surface area contributed by atoms with Crippen LogP contribution < -0.4 is 15.4 Å². The van der Waals surface area contributed by atoms with E-state index < -0.39 is 0 Å². The van der Waals surface area contributed by atoms with Gasteiger partial charge in [0.2, 0.25) is 0 Å². The van der Waals surface area contributed by atoms with E-state index in [0.717, 1.165) is 23.7 Å². The zero-order chi connectivity index (χ0) is 9.26. The molecule has 2 N–H and O–H groups in total. The van der Waals surface area contributed by atoms with E-state index in [1.165, 1.54) is 0 Å². The predicted molar refractivity (Wildman–Crippen MR) is 54.6 cm³/mol. The van der Waals surface area contributed by atoms with Crippen molar-refractivity contribution in [3.05, 3.63) is 18.2 Å². The van der Waals surface area contributed by atoms with E-state index in [0.29, 0.717) is 6.04 Å². The van der Waals surface area contributed by atoms with Crippen molar-refractivity contribution in [2.45, 2.75) is 13.0 Å².